The average Bonchev–Trinajstić information content (AvgIpc) is 2.14. The summed E-state index contributed by atoms with van der Waals surface area (Å²) in [6.07, 6.45) is 2.09. The molecule has 6 heteroatoms. The van der Waals surface area contributed by atoms with Crippen LogP contribution >= 0.6 is 11.6 Å². The minimum absolute atomic E-state index is 0.214. The number of aromatic nitrogens is 2. The minimum atomic E-state index is -0.805. The van der Waals surface area contributed by atoms with Crippen molar-refractivity contribution in [3.8, 4) is 0 Å². The zero-order chi connectivity index (χ0) is 9.68. The van der Waals surface area contributed by atoms with Gasteiger partial charge >= 0.3 is 0 Å². The highest BCUT2D eigenvalue weighted by atomic mass is 35.5. The van der Waals surface area contributed by atoms with Gasteiger partial charge in [0.15, 0.2) is 0 Å². The predicted molar refractivity (Wildman–Crippen MR) is 48.6 cm³/mol. The Hall–Kier alpha value is -0.910. The SMILES string of the molecule is OCC(O)CNc1cncc(Cl)n1. The van der Waals surface area contributed by atoms with E-state index in [2.05, 4.69) is 15.3 Å². The quantitative estimate of drug-likeness (QED) is 0.637. The van der Waals surface area contributed by atoms with E-state index in [0.717, 1.165) is 0 Å². The average molecular weight is 204 g/mol. The molecule has 1 aromatic heterocycles. The molecule has 0 amide bonds. The summed E-state index contributed by atoms with van der Waals surface area (Å²) in [6, 6.07) is 0. The molecule has 1 atom stereocenters. The standard InChI is InChI=1S/C7H10ClN3O2/c8-6-2-9-3-7(11-6)10-1-5(13)4-12/h2-3,5,12-13H,1,4H2,(H,10,11). The Morgan fingerprint density at radius 1 is 1.54 bits per heavy atom. The topological polar surface area (TPSA) is 78.3 Å². The lowest BCUT2D eigenvalue weighted by molar-refractivity contribution is 0.105. The summed E-state index contributed by atoms with van der Waals surface area (Å²) in [4.78, 5) is 7.67. The Kier molecular flexibility index (Phi) is 3.88. The van der Waals surface area contributed by atoms with Crippen LogP contribution in [0.25, 0.3) is 0 Å². The summed E-state index contributed by atoms with van der Waals surface area (Å²) in [7, 11) is 0. The first-order valence-corrected chi connectivity index (χ1v) is 4.10. The van der Waals surface area contributed by atoms with E-state index in [1.54, 1.807) is 0 Å². The first-order chi connectivity index (χ1) is 6.22. The normalized spacial score (nSPS) is 12.5. The molecule has 1 unspecified atom stereocenters. The lowest BCUT2D eigenvalue weighted by atomic mass is 10.4. The Morgan fingerprint density at radius 3 is 2.92 bits per heavy atom. The van der Waals surface area contributed by atoms with Crippen LogP contribution < -0.4 is 5.32 Å². The summed E-state index contributed by atoms with van der Waals surface area (Å²) in [6.45, 7) is -0.0769. The van der Waals surface area contributed by atoms with Crippen LogP contribution in [0.15, 0.2) is 12.4 Å². The van der Waals surface area contributed by atoms with Crippen LogP contribution in [0.5, 0.6) is 0 Å². The number of aliphatic hydroxyl groups is 2. The zero-order valence-electron chi connectivity index (χ0n) is 6.81. The van der Waals surface area contributed by atoms with Gasteiger partial charge in [0.2, 0.25) is 0 Å². The predicted octanol–water partition coefficient (Wildman–Crippen LogP) is -0.105. The number of hydrogen-bond donors (Lipinski definition) is 3. The molecule has 72 valence electrons. The van der Waals surface area contributed by atoms with Crippen LogP contribution in [0, 0.1) is 0 Å². The van der Waals surface area contributed by atoms with E-state index < -0.39 is 6.10 Å². The van der Waals surface area contributed by atoms with Crippen molar-refractivity contribution in [3.63, 3.8) is 0 Å². The molecule has 1 aromatic rings. The number of nitrogens with one attached hydrogen (secondary N) is 1. The van der Waals surface area contributed by atoms with Gasteiger partial charge in [-0.1, -0.05) is 11.6 Å². The van der Waals surface area contributed by atoms with Crippen LogP contribution in [-0.2, 0) is 0 Å². The molecule has 0 fully saturated rings. The second-order valence-electron chi connectivity index (χ2n) is 2.44. The molecule has 1 heterocycles. The second kappa shape index (κ2) is 4.96. The van der Waals surface area contributed by atoms with E-state index >= 15 is 0 Å². The highest BCUT2D eigenvalue weighted by molar-refractivity contribution is 6.29. The molecule has 3 N–H and O–H groups in total. The number of nitrogens with zero attached hydrogens (tertiary/aromatic N) is 2. The summed E-state index contributed by atoms with van der Waals surface area (Å²) in [5.74, 6) is 0.472. The van der Waals surface area contributed by atoms with Crippen molar-refractivity contribution < 1.29 is 10.2 Å². The summed E-state index contributed by atoms with van der Waals surface area (Å²) in [5, 5.41) is 20.6. The first-order valence-electron chi connectivity index (χ1n) is 3.72. The Morgan fingerprint density at radius 2 is 2.31 bits per heavy atom. The van der Waals surface area contributed by atoms with Gasteiger partial charge in [-0.15, -0.1) is 0 Å². The highest BCUT2D eigenvalue weighted by Crippen LogP contribution is 2.06. The summed E-state index contributed by atoms with van der Waals surface area (Å²) in [5.41, 5.74) is 0. The van der Waals surface area contributed by atoms with Crippen molar-refractivity contribution in [2.45, 2.75) is 6.10 Å². The van der Waals surface area contributed by atoms with Gasteiger partial charge < -0.3 is 15.5 Å². The summed E-state index contributed by atoms with van der Waals surface area (Å²) >= 11 is 5.57. The van der Waals surface area contributed by atoms with Gasteiger partial charge in [-0.05, 0) is 0 Å². The van der Waals surface area contributed by atoms with E-state index in [0.29, 0.717) is 5.82 Å². The molecular weight excluding hydrogens is 194 g/mol. The number of hydrogen-bond acceptors (Lipinski definition) is 5. The van der Waals surface area contributed by atoms with Gasteiger partial charge in [0.1, 0.15) is 11.0 Å². The van der Waals surface area contributed by atoms with Gasteiger partial charge in [-0.2, -0.15) is 0 Å². The molecule has 13 heavy (non-hydrogen) atoms. The van der Waals surface area contributed by atoms with Crippen molar-refractivity contribution in [2.75, 3.05) is 18.5 Å². The maximum atomic E-state index is 8.99. The molecule has 0 aliphatic rings. The largest absolute Gasteiger partial charge is 0.394 e. The van der Waals surface area contributed by atoms with E-state index in [1.165, 1.54) is 12.4 Å². The maximum absolute atomic E-state index is 8.99. The van der Waals surface area contributed by atoms with E-state index in [-0.39, 0.29) is 18.3 Å². The number of anilines is 1. The fourth-order valence-corrected chi connectivity index (χ4v) is 0.862. The number of halogens is 1. The third-order valence-corrected chi connectivity index (χ3v) is 1.52. The smallest absolute Gasteiger partial charge is 0.149 e. The highest BCUT2D eigenvalue weighted by Gasteiger charge is 2.02. The molecule has 0 aliphatic heterocycles. The number of aliphatic hydroxyl groups excluding tert-OH is 2. The molecule has 0 spiro atoms. The molecular formula is C7H10ClN3O2. The third-order valence-electron chi connectivity index (χ3n) is 1.33. The monoisotopic (exact) mass is 203 g/mol. The molecule has 5 nitrogen and oxygen atoms in total. The summed E-state index contributed by atoms with van der Waals surface area (Å²) < 4.78 is 0. The van der Waals surface area contributed by atoms with Crippen LogP contribution in [0.2, 0.25) is 5.15 Å². The lowest BCUT2D eigenvalue weighted by Crippen LogP contribution is -2.23. The first kappa shape index (κ1) is 10.2. The maximum Gasteiger partial charge on any atom is 0.149 e. The molecule has 0 aromatic carbocycles. The Balaban J connectivity index is 2.45. The minimum Gasteiger partial charge on any atom is -0.394 e. The molecule has 0 bridgehead atoms. The van der Waals surface area contributed by atoms with Crippen LogP contribution in [0.4, 0.5) is 5.82 Å². The lowest BCUT2D eigenvalue weighted by Gasteiger charge is -2.08. The second-order valence-corrected chi connectivity index (χ2v) is 2.83. The van der Waals surface area contributed by atoms with Crippen molar-refractivity contribution in [3.05, 3.63) is 17.5 Å². The number of rotatable bonds is 4. The van der Waals surface area contributed by atoms with Crippen LogP contribution in [0.1, 0.15) is 0 Å². The Labute approximate surface area is 80.4 Å². The van der Waals surface area contributed by atoms with Gasteiger partial charge in [0.05, 0.1) is 25.1 Å². The van der Waals surface area contributed by atoms with Crippen molar-refractivity contribution in [2.24, 2.45) is 0 Å². The van der Waals surface area contributed by atoms with Crippen LogP contribution in [-0.4, -0.2) is 39.4 Å². The molecule has 1 rings (SSSR count). The molecule has 0 saturated carbocycles. The van der Waals surface area contributed by atoms with Gasteiger partial charge in [0.25, 0.3) is 0 Å². The zero-order valence-corrected chi connectivity index (χ0v) is 7.57. The third kappa shape index (κ3) is 3.54. The van der Waals surface area contributed by atoms with Crippen molar-refractivity contribution in [1.29, 1.82) is 0 Å². The van der Waals surface area contributed by atoms with Gasteiger partial charge in [-0.3, -0.25) is 4.98 Å². The van der Waals surface area contributed by atoms with Gasteiger partial charge in [0, 0.05) is 6.54 Å². The van der Waals surface area contributed by atoms with Crippen LogP contribution in [0.3, 0.4) is 0 Å². The molecule has 0 aliphatic carbocycles. The Bertz CT molecular complexity index is 272. The molecule has 0 radical (unpaired) electrons. The fraction of sp³-hybridized carbons (Fsp3) is 0.429. The van der Waals surface area contributed by atoms with Gasteiger partial charge in [-0.25, -0.2) is 4.98 Å². The van der Waals surface area contributed by atoms with E-state index in [4.69, 9.17) is 21.8 Å². The fourth-order valence-electron chi connectivity index (χ4n) is 0.714. The molecule has 0 saturated heterocycles. The van der Waals surface area contributed by atoms with Crippen molar-refractivity contribution in [1.82, 2.24) is 9.97 Å². The van der Waals surface area contributed by atoms with Crippen molar-refractivity contribution >= 4 is 17.4 Å². The van der Waals surface area contributed by atoms with E-state index in [1.807, 2.05) is 0 Å². The van der Waals surface area contributed by atoms with E-state index in [9.17, 15) is 0 Å².